The van der Waals surface area contributed by atoms with Crippen molar-refractivity contribution in [1.29, 1.82) is 0 Å². The predicted octanol–water partition coefficient (Wildman–Crippen LogP) is 1.36. The minimum atomic E-state index is 0.502. The molecule has 0 aliphatic carbocycles. The van der Waals surface area contributed by atoms with Crippen LogP contribution in [0.1, 0.15) is 20.3 Å². The Kier molecular flexibility index (Phi) is 3.34. The van der Waals surface area contributed by atoms with Gasteiger partial charge in [-0.2, -0.15) is 0 Å². The average Bonchev–Trinajstić information content (AvgIpc) is 2.31. The van der Waals surface area contributed by atoms with Crippen molar-refractivity contribution in [3.05, 3.63) is 0 Å². The summed E-state index contributed by atoms with van der Waals surface area (Å²) in [5.41, 5.74) is 0. The van der Waals surface area contributed by atoms with Crippen molar-refractivity contribution in [2.24, 2.45) is 5.92 Å². The van der Waals surface area contributed by atoms with E-state index in [4.69, 9.17) is 4.74 Å². The van der Waals surface area contributed by atoms with Gasteiger partial charge in [-0.15, -0.1) is 0 Å². The number of hydrogen-bond acceptors (Lipinski definition) is 2. The van der Waals surface area contributed by atoms with Crippen LogP contribution in [0.2, 0.25) is 0 Å². The first-order chi connectivity index (χ1) is 5.18. The lowest BCUT2D eigenvalue weighted by Gasteiger charge is -2.13. The minimum absolute atomic E-state index is 0.502. The lowest BCUT2D eigenvalue weighted by atomic mass is 10.2. The summed E-state index contributed by atoms with van der Waals surface area (Å²) < 4.78 is 5.69. The third-order valence-electron chi connectivity index (χ3n) is 2.01. The second-order valence-electron chi connectivity index (χ2n) is 3.90. The summed E-state index contributed by atoms with van der Waals surface area (Å²) in [6.45, 7) is 7.62. The first kappa shape index (κ1) is 9.01. The van der Waals surface area contributed by atoms with Crippen LogP contribution in [0.5, 0.6) is 0 Å². The first-order valence-electron chi connectivity index (χ1n) is 4.48. The third-order valence-corrected chi connectivity index (χ3v) is 2.01. The molecule has 0 aromatic heterocycles. The lowest BCUT2D eigenvalue weighted by molar-refractivity contribution is 0.0432. The van der Waals surface area contributed by atoms with Crippen molar-refractivity contribution in [3.8, 4) is 0 Å². The number of rotatable bonds is 3. The van der Waals surface area contributed by atoms with Gasteiger partial charge in [-0.05, 0) is 19.4 Å². The van der Waals surface area contributed by atoms with E-state index >= 15 is 0 Å². The maximum absolute atomic E-state index is 5.69. The van der Waals surface area contributed by atoms with Gasteiger partial charge in [0.1, 0.15) is 0 Å². The second kappa shape index (κ2) is 4.07. The maximum Gasteiger partial charge on any atom is 0.0714 e. The summed E-state index contributed by atoms with van der Waals surface area (Å²) in [7, 11) is 2.15. The molecule has 0 unspecified atom stereocenters. The Hall–Kier alpha value is -0.0800. The van der Waals surface area contributed by atoms with E-state index in [0.29, 0.717) is 12.0 Å². The molecule has 1 rings (SSSR count). The smallest absolute Gasteiger partial charge is 0.0714 e. The van der Waals surface area contributed by atoms with Crippen LogP contribution in [0.25, 0.3) is 0 Å². The Bertz CT molecular complexity index is 114. The minimum Gasteiger partial charge on any atom is -0.377 e. The SMILES string of the molecule is CC(C)CO[C@H]1CCN(C)C1. The second-order valence-corrected chi connectivity index (χ2v) is 3.90. The zero-order valence-electron chi connectivity index (χ0n) is 7.84. The fourth-order valence-corrected chi connectivity index (χ4v) is 1.36. The van der Waals surface area contributed by atoms with E-state index in [1.807, 2.05) is 0 Å². The van der Waals surface area contributed by atoms with Gasteiger partial charge in [0.15, 0.2) is 0 Å². The largest absolute Gasteiger partial charge is 0.377 e. The molecule has 2 heteroatoms. The Labute approximate surface area is 69.5 Å². The Morgan fingerprint density at radius 2 is 2.27 bits per heavy atom. The van der Waals surface area contributed by atoms with Gasteiger partial charge in [0.05, 0.1) is 6.10 Å². The summed E-state index contributed by atoms with van der Waals surface area (Å²) in [5.74, 6) is 0.668. The molecule has 1 fully saturated rings. The van der Waals surface area contributed by atoms with Crippen LogP contribution < -0.4 is 0 Å². The monoisotopic (exact) mass is 157 g/mol. The van der Waals surface area contributed by atoms with Crippen LogP contribution in [-0.4, -0.2) is 37.7 Å². The molecule has 2 nitrogen and oxygen atoms in total. The Morgan fingerprint density at radius 3 is 2.73 bits per heavy atom. The summed E-state index contributed by atoms with van der Waals surface area (Å²) in [6, 6.07) is 0. The quantitative estimate of drug-likeness (QED) is 0.613. The molecule has 0 bridgehead atoms. The summed E-state index contributed by atoms with van der Waals surface area (Å²) in [4.78, 5) is 2.32. The molecule has 66 valence electrons. The molecule has 1 heterocycles. The van der Waals surface area contributed by atoms with E-state index in [1.165, 1.54) is 13.0 Å². The summed E-state index contributed by atoms with van der Waals surface area (Å²) in [5, 5.41) is 0. The number of hydrogen-bond donors (Lipinski definition) is 0. The van der Waals surface area contributed by atoms with Crippen molar-refractivity contribution in [2.75, 3.05) is 26.7 Å². The highest BCUT2D eigenvalue weighted by Crippen LogP contribution is 2.11. The molecule has 0 saturated carbocycles. The molecule has 1 saturated heterocycles. The Morgan fingerprint density at radius 1 is 1.55 bits per heavy atom. The van der Waals surface area contributed by atoms with Crippen LogP contribution in [0.3, 0.4) is 0 Å². The molecule has 11 heavy (non-hydrogen) atoms. The van der Waals surface area contributed by atoms with E-state index in [9.17, 15) is 0 Å². The van der Waals surface area contributed by atoms with Crippen molar-refractivity contribution < 1.29 is 4.74 Å². The topological polar surface area (TPSA) is 12.5 Å². The highest BCUT2D eigenvalue weighted by atomic mass is 16.5. The molecule has 0 spiro atoms. The third kappa shape index (κ3) is 3.21. The van der Waals surface area contributed by atoms with Crippen LogP contribution in [0.15, 0.2) is 0 Å². The van der Waals surface area contributed by atoms with Gasteiger partial charge in [-0.25, -0.2) is 0 Å². The molecule has 0 aromatic carbocycles. The van der Waals surface area contributed by atoms with Gasteiger partial charge in [-0.1, -0.05) is 13.8 Å². The van der Waals surface area contributed by atoms with Gasteiger partial charge in [0, 0.05) is 19.7 Å². The summed E-state index contributed by atoms with van der Waals surface area (Å²) in [6.07, 6.45) is 1.71. The van der Waals surface area contributed by atoms with Gasteiger partial charge in [-0.3, -0.25) is 0 Å². The first-order valence-corrected chi connectivity index (χ1v) is 4.48. The molecule has 1 atom stereocenters. The molecule has 1 aliphatic heterocycles. The number of nitrogens with zero attached hydrogens (tertiary/aromatic N) is 1. The zero-order chi connectivity index (χ0) is 8.27. The van der Waals surface area contributed by atoms with Crippen molar-refractivity contribution in [3.63, 3.8) is 0 Å². The molecular formula is C9H19NO. The number of likely N-dealkylation sites (N-methyl/N-ethyl adjacent to an activating group) is 1. The van der Waals surface area contributed by atoms with E-state index in [0.717, 1.165) is 13.2 Å². The molecule has 0 amide bonds. The lowest BCUT2D eigenvalue weighted by Crippen LogP contribution is -2.20. The van der Waals surface area contributed by atoms with E-state index in [1.54, 1.807) is 0 Å². The Balaban J connectivity index is 2.08. The number of ether oxygens (including phenoxy) is 1. The van der Waals surface area contributed by atoms with Crippen LogP contribution in [-0.2, 0) is 4.74 Å². The van der Waals surface area contributed by atoms with E-state index in [-0.39, 0.29) is 0 Å². The van der Waals surface area contributed by atoms with Crippen LogP contribution >= 0.6 is 0 Å². The van der Waals surface area contributed by atoms with E-state index in [2.05, 4.69) is 25.8 Å². The zero-order valence-corrected chi connectivity index (χ0v) is 7.84. The van der Waals surface area contributed by atoms with Crippen molar-refractivity contribution >= 4 is 0 Å². The maximum atomic E-state index is 5.69. The highest BCUT2D eigenvalue weighted by Gasteiger charge is 2.19. The molecule has 1 aliphatic rings. The standard InChI is InChI=1S/C9H19NO/c1-8(2)7-11-9-4-5-10(3)6-9/h8-9H,4-7H2,1-3H3/t9-/m0/s1. The predicted molar refractivity (Wildman–Crippen MR) is 46.7 cm³/mol. The highest BCUT2D eigenvalue weighted by molar-refractivity contribution is 4.72. The van der Waals surface area contributed by atoms with Crippen molar-refractivity contribution in [1.82, 2.24) is 4.90 Å². The van der Waals surface area contributed by atoms with Crippen LogP contribution in [0, 0.1) is 5.92 Å². The van der Waals surface area contributed by atoms with Gasteiger partial charge in [0.25, 0.3) is 0 Å². The fourth-order valence-electron chi connectivity index (χ4n) is 1.36. The normalized spacial score (nSPS) is 26.7. The fraction of sp³-hybridized carbons (Fsp3) is 1.00. The molecule has 0 aromatic rings. The molecule has 0 radical (unpaired) electrons. The summed E-state index contributed by atoms with van der Waals surface area (Å²) >= 11 is 0. The van der Waals surface area contributed by atoms with Gasteiger partial charge < -0.3 is 9.64 Å². The van der Waals surface area contributed by atoms with Crippen LogP contribution in [0.4, 0.5) is 0 Å². The molecule has 0 N–H and O–H groups in total. The van der Waals surface area contributed by atoms with E-state index < -0.39 is 0 Å². The number of likely N-dealkylation sites (tertiary alicyclic amines) is 1. The average molecular weight is 157 g/mol. The molecular weight excluding hydrogens is 138 g/mol. The van der Waals surface area contributed by atoms with Gasteiger partial charge in [0.2, 0.25) is 0 Å². The van der Waals surface area contributed by atoms with Crippen molar-refractivity contribution in [2.45, 2.75) is 26.4 Å². The van der Waals surface area contributed by atoms with Gasteiger partial charge >= 0.3 is 0 Å².